The Morgan fingerprint density at radius 1 is 1.50 bits per heavy atom. The monoisotopic (exact) mass is 266 g/mol. The smallest absolute Gasteiger partial charge is 0.237 e. The van der Waals surface area contributed by atoms with Crippen LogP contribution in [0.1, 0.15) is 33.1 Å². The highest BCUT2D eigenvalue weighted by Crippen LogP contribution is 2.17. The zero-order valence-electron chi connectivity index (χ0n) is 10.1. The van der Waals surface area contributed by atoms with E-state index in [0.29, 0.717) is 6.04 Å². The van der Waals surface area contributed by atoms with E-state index in [-0.39, 0.29) is 30.3 Å². The van der Waals surface area contributed by atoms with Gasteiger partial charge in [0.15, 0.2) is 0 Å². The molecule has 2 atom stereocenters. The van der Waals surface area contributed by atoms with E-state index in [1.165, 1.54) is 0 Å². The highest BCUT2D eigenvalue weighted by atomic mass is 35.5. The van der Waals surface area contributed by atoms with Gasteiger partial charge in [0, 0.05) is 6.04 Å². The van der Waals surface area contributed by atoms with Crippen molar-refractivity contribution in [1.82, 2.24) is 5.32 Å². The highest BCUT2D eigenvalue weighted by Gasteiger charge is 2.23. The standard InChI is InChI=1S/C11H22N2OS.ClH/c1-3-8(2)10(12)11(14)13-9-4-6-15-7-5-9;/h8-10H,3-7,12H2,1-2H3,(H,13,14);1H. The first-order valence-corrected chi connectivity index (χ1v) is 6.94. The first-order chi connectivity index (χ1) is 7.15. The molecule has 0 radical (unpaired) electrons. The third kappa shape index (κ3) is 4.93. The van der Waals surface area contributed by atoms with Gasteiger partial charge in [-0.2, -0.15) is 11.8 Å². The molecule has 0 spiro atoms. The van der Waals surface area contributed by atoms with Gasteiger partial charge >= 0.3 is 0 Å². The summed E-state index contributed by atoms with van der Waals surface area (Å²) in [4.78, 5) is 11.8. The highest BCUT2D eigenvalue weighted by molar-refractivity contribution is 7.99. The van der Waals surface area contributed by atoms with Crippen LogP contribution in [0.25, 0.3) is 0 Å². The Kier molecular flexibility index (Phi) is 8.24. The van der Waals surface area contributed by atoms with Crippen molar-refractivity contribution in [3.8, 4) is 0 Å². The number of hydrogen-bond acceptors (Lipinski definition) is 3. The summed E-state index contributed by atoms with van der Waals surface area (Å²) < 4.78 is 0. The number of thioether (sulfide) groups is 1. The zero-order valence-corrected chi connectivity index (χ0v) is 11.7. The summed E-state index contributed by atoms with van der Waals surface area (Å²) >= 11 is 1.96. The molecule has 0 aromatic carbocycles. The van der Waals surface area contributed by atoms with Crippen LogP contribution in [-0.4, -0.2) is 29.5 Å². The average molecular weight is 267 g/mol. The van der Waals surface area contributed by atoms with Crippen molar-refractivity contribution in [2.24, 2.45) is 11.7 Å². The molecule has 3 N–H and O–H groups in total. The predicted molar refractivity (Wildman–Crippen MR) is 73.2 cm³/mol. The number of nitrogens with two attached hydrogens (primary N) is 1. The summed E-state index contributed by atoms with van der Waals surface area (Å²) in [6, 6.07) is 0.0124. The molecule has 1 aliphatic rings. The van der Waals surface area contributed by atoms with Crippen LogP contribution in [0.3, 0.4) is 0 Å². The van der Waals surface area contributed by atoms with Crippen molar-refractivity contribution in [2.45, 2.75) is 45.2 Å². The fraction of sp³-hybridized carbons (Fsp3) is 0.909. The Morgan fingerprint density at radius 2 is 2.06 bits per heavy atom. The van der Waals surface area contributed by atoms with Gasteiger partial charge in [-0.05, 0) is 30.3 Å². The largest absolute Gasteiger partial charge is 0.352 e. The second kappa shape index (κ2) is 8.20. The Balaban J connectivity index is 0.00000225. The molecule has 0 bridgehead atoms. The summed E-state index contributed by atoms with van der Waals surface area (Å²) in [5.41, 5.74) is 5.87. The van der Waals surface area contributed by atoms with Crippen molar-refractivity contribution < 1.29 is 4.79 Å². The number of amides is 1. The van der Waals surface area contributed by atoms with E-state index < -0.39 is 0 Å². The van der Waals surface area contributed by atoms with Gasteiger partial charge in [0.25, 0.3) is 0 Å². The van der Waals surface area contributed by atoms with Crippen LogP contribution in [0.2, 0.25) is 0 Å². The second-order valence-corrected chi connectivity index (χ2v) is 5.53. The van der Waals surface area contributed by atoms with Crippen LogP contribution in [0, 0.1) is 5.92 Å². The quantitative estimate of drug-likeness (QED) is 0.816. The average Bonchev–Trinajstić information content (AvgIpc) is 2.28. The summed E-state index contributed by atoms with van der Waals surface area (Å²) in [5, 5.41) is 3.06. The molecule has 1 fully saturated rings. The van der Waals surface area contributed by atoms with Crippen molar-refractivity contribution in [1.29, 1.82) is 0 Å². The first-order valence-electron chi connectivity index (χ1n) is 5.78. The van der Waals surface area contributed by atoms with E-state index in [2.05, 4.69) is 12.2 Å². The number of nitrogens with one attached hydrogen (secondary N) is 1. The van der Waals surface area contributed by atoms with E-state index >= 15 is 0 Å². The SMILES string of the molecule is CCC(C)C(N)C(=O)NC1CCSCC1.Cl. The van der Waals surface area contributed by atoms with Crippen LogP contribution in [0.5, 0.6) is 0 Å². The van der Waals surface area contributed by atoms with Gasteiger partial charge in [-0.3, -0.25) is 4.79 Å². The topological polar surface area (TPSA) is 55.1 Å². The van der Waals surface area contributed by atoms with Gasteiger partial charge in [0.2, 0.25) is 5.91 Å². The summed E-state index contributed by atoms with van der Waals surface area (Å²) in [6.07, 6.45) is 3.13. The summed E-state index contributed by atoms with van der Waals surface area (Å²) in [6.45, 7) is 4.09. The third-order valence-electron chi connectivity index (χ3n) is 3.13. The molecular formula is C11H23ClN2OS. The van der Waals surface area contributed by atoms with Crippen LogP contribution < -0.4 is 11.1 Å². The van der Waals surface area contributed by atoms with E-state index in [1.807, 2.05) is 18.7 Å². The van der Waals surface area contributed by atoms with Crippen LogP contribution in [0.15, 0.2) is 0 Å². The Morgan fingerprint density at radius 3 is 2.56 bits per heavy atom. The van der Waals surface area contributed by atoms with Crippen molar-refractivity contribution in [3.05, 3.63) is 0 Å². The van der Waals surface area contributed by atoms with Crippen LogP contribution in [-0.2, 0) is 4.79 Å². The lowest BCUT2D eigenvalue weighted by atomic mass is 9.99. The maximum absolute atomic E-state index is 11.8. The fourth-order valence-electron chi connectivity index (χ4n) is 1.65. The zero-order chi connectivity index (χ0) is 11.3. The lowest BCUT2D eigenvalue weighted by molar-refractivity contribution is -0.124. The molecule has 0 saturated carbocycles. The van der Waals surface area contributed by atoms with Crippen LogP contribution in [0.4, 0.5) is 0 Å². The van der Waals surface area contributed by atoms with Gasteiger partial charge < -0.3 is 11.1 Å². The maximum atomic E-state index is 11.8. The van der Waals surface area contributed by atoms with Gasteiger partial charge in [0.1, 0.15) is 0 Å². The van der Waals surface area contributed by atoms with E-state index in [4.69, 9.17) is 5.73 Å². The number of carbonyl (C=O) groups excluding carboxylic acids is 1. The maximum Gasteiger partial charge on any atom is 0.237 e. The molecule has 1 amide bonds. The molecule has 0 aromatic heterocycles. The molecule has 1 aliphatic heterocycles. The molecule has 0 aliphatic carbocycles. The van der Waals surface area contributed by atoms with Crippen LogP contribution >= 0.6 is 24.2 Å². The molecule has 0 aromatic rings. The summed E-state index contributed by atoms with van der Waals surface area (Å²) in [5.74, 6) is 2.61. The first kappa shape index (κ1) is 16.1. The predicted octanol–water partition coefficient (Wildman–Crippen LogP) is 1.79. The molecule has 1 saturated heterocycles. The number of halogens is 1. The van der Waals surface area contributed by atoms with Crippen molar-refractivity contribution >= 4 is 30.1 Å². The third-order valence-corrected chi connectivity index (χ3v) is 4.18. The fourth-order valence-corrected chi connectivity index (χ4v) is 2.76. The number of carbonyl (C=O) groups is 1. The Hall–Kier alpha value is 0.0700. The minimum Gasteiger partial charge on any atom is -0.352 e. The second-order valence-electron chi connectivity index (χ2n) is 4.31. The molecule has 1 rings (SSSR count). The lowest BCUT2D eigenvalue weighted by Gasteiger charge is -2.25. The molecule has 16 heavy (non-hydrogen) atoms. The van der Waals surface area contributed by atoms with Gasteiger partial charge in [-0.1, -0.05) is 20.3 Å². The van der Waals surface area contributed by atoms with Gasteiger partial charge in [-0.25, -0.2) is 0 Å². The Labute approximate surface area is 109 Å². The molecule has 5 heteroatoms. The van der Waals surface area contributed by atoms with Gasteiger partial charge in [-0.15, -0.1) is 12.4 Å². The number of rotatable bonds is 4. The Bertz CT molecular complexity index is 210. The normalized spacial score (nSPS) is 20.7. The molecular weight excluding hydrogens is 244 g/mol. The molecule has 96 valence electrons. The van der Waals surface area contributed by atoms with Crippen molar-refractivity contribution in [2.75, 3.05) is 11.5 Å². The van der Waals surface area contributed by atoms with E-state index in [9.17, 15) is 4.79 Å². The lowest BCUT2D eigenvalue weighted by Crippen LogP contribution is -2.49. The number of hydrogen-bond donors (Lipinski definition) is 2. The van der Waals surface area contributed by atoms with Gasteiger partial charge in [0.05, 0.1) is 6.04 Å². The minimum atomic E-state index is -0.343. The summed E-state index contributed by atoms with van der Waals surface area (Å²) in [7, 11) is 0. The van der Waals surface area contributed by atoms with Crippen molar-refractivity contribution in [3.63, 3.8) is 0 Å². The molecule has 3 nitrogen and oxygen atoms in total. The molecule has 1 heterocycles. The minimum absolute atomic E-state index is 0. The van der Waals surface area contributed by atoms with E-state index in [1.54, 1.807) is 0 Å². The molecule has 2 unspecified atom stereocenters. The van der Waals surface area contributed by atoms with E-state index in [0.717, 1.165) is 30.8 Å².